The average molecular weight is 278 g/mol. The summed E-state index contributed by atoms with van der Waals surface area (Å²) in [5.41, 5.74) is 2.91. The molecule has 3 aromatic rings. The third kappa shape index (κ3) is 2.59. The molecule has 0 aliphatic rings. The van der Waals surface area contributed by atoms with Crippen LogP contribution in [0.4, 0.5) is 0 Å². The second-order valence-electron chi connectivity index (χ2n) is 6.26. The van der Waals surface area contributed by atoms with Crippen molar-refractivity contribution in [3.05, 3.63) is 64.4 Å². The summed E-state index contributed by atoms with van der Waals surface area (Å²) in [5.74, 6) is 0.610. The Hall–Kier alpha value is -2.42. The van der Waals surface area contributed by atoms with E-state index in [9.17, 15) is 4.79 Å². The number of H-pyrrole nitrogens is 1. The number of benzene rings is 2. The summed E-state index contributed by atoms with van der Waals surface area (Å²) in [6.07, 6.45) is 0. The Kier molecular flexibility index (Phi) is 3.13. The molecule has 0 unspecified atom stereocenters. The number of aromatic amines is 1. The zero-order valence-corrected chi connectivity index (χ0v) is 12.5. The molecule has 106 valence electrons. The fourth-order valence-electron chi connectivity index (χ4n) is 2.35. The van der Waals surface area contributed by atoms with Crippen LogP contribution >= 0.6 is 0 Å². The van der Waals surface area contributed by atoms with Crippen molar-refractivity contribution >= 4 is 10.9 Å². The van der Waals surface area contributed by atoms with Gasteiger partial charge in [-0.2, -0.15) is 0 Å². The van der Waals surface area contributed by atoms with Crippen molar-refractivity contribution in [2.75, 3.05) is 0 Å². The van der Waals surface area contributed by atoms with Crippen LogP contribution in [0.1, 0.15) is 26.3 Å². The number of nitrogens with zero attached hydrogens (tertiary/aromatic N) is 1. The summed E-state index contributed by atoms with van der Waals surface area (Å²) in [5, 5.41) is 0.618. The Morgan fingerprint density at radius 2 is 1.62 bits per heavy atom. The van der Waals surface area contributed by atoms with Crippen molar-refractivity contribution in [2.24, 2.45) is 0 Å². The largest absolute Gasteiger partial charge is 0.306 e. The van der Waals surface area contributed by atoms with Crippen molar-refractivity contribution in [1.82, 2.24) is 9.97 Å². The van der Waals surface area contributed by atoms with Gasteiger partial charge in [0, 0.05) is 5.56 Å². The predicted molar refractivity (Wildman–Crippen MR) is 86.5 cm³/mol. The standard InChI is InChI=1S/C18H18N2O/c1-18(2,3)13-10-8-12(9-11-13)16-19-15-7-5-4-6-14(15)17(21)20-16/h4-11H,1-3H3,(H,19,20,21). The Balaban J connectivity index is 2.10. The SMILES string of the molecule is CC(C)(C)c1ccc(-c2nc3ccccc3c(=O)[nH]2)cc1. The first kappa shape index (κ1) is 13.6. The fourth-order valence-corrected chi connectivity index (χ4v) is 2.35. The minimum atomic E-state index is -0.101. The van der Waals surface area contributed by atoms with Crippen molar-refractivity contribution < 1.29 is 0 Å². The molecule has 0 spiro atoms. The quantitative estimate of drug-likeness (QED) is 0.734. The first-order valence-corrected chi connectivity index (χ1v) is 7.05. The van der Waals surface area contributed by atoms with Crippen molar-refractivity contribution in [3.8, 4) is 11.4 Å². The second kappa shape index (κ2) is 4.85. The van der Waals surface area contributed by atoms with E-state index in [1.54, 1.807) is 6.07 Å². The average Bonchev–Trinajstić information content (AvgIpc) is 2.46. The van der Waals surface area contributed by atoms with Gasteiger partial charge in [-0.1, -0.05) is 57.2 Å². The fraction of sp³-hybridized carbons (Fsp3) is 0.222. The Morgan fingerprint density at radius 3 is 2.29 bits per heavy atom. The van der Waals surface area contributed by atoms with Crippen molar-refractivity contribution in [3.63, 3.8) is 0 Å². The predicted octanol–water partition coefficient (Wildman–Crippen LogP) is 3.89. The molecule has 3 rings (SSSR count). The molecule has 21 heavy (non-hydrogen) atoms. The maximum atomic E-state index is 12.1. The molecule has 0 aliphatic carbocycles. The molecule has 1 heterocycles. The van der Waals surface area contributed by atoms with Crippen molar-refractivity contribution in [1.29, 1.82) is 0 Å². The highest BCUT2D eigenvalue weighted by Crippen LogP contribution is 2.24. The van der Waals surface area contributed by atoms with Crippen LogP contribution in [0.3, 0.4) is 0 Å². The first-order valence-electron chi connectivity index (χ1n) is 7.05. The van der Waals surface area contributed by atoms with Crippen LogP contribution in [0.5, 0.6) is 0 Å². The van der Waals surface area contributed by atoms with Crippen LogP contribution in [0.15, 0.2) is 53.3 Å². The zero-order valence-electron chi connectivity index (χ0n) is 12.5. The number of aromatic nitrogens is 2. The maximum Gasteiger partial charge on any atom is 0.259 e. The highest BCUT2D eigenvalue weighted by Gasteiger charge is 2.13. The van der Waals surface area contributed by atoms with Crippen molar-refractivity contribution in [2.45, 2.75) is 26.2 Å². The lowest BCUT2D eigenvalue weighted by Crippen LogP contribution is -2.11. The van der Waals surface area contributed by atoms with Crippen LogP contribution in [-0.4, -0.2) is 9.97 Å². The van der Waals surface area contributed by atoms with Crippen LogP contribution in [0.25, 0.3) is 22.3 Å². The molecule has 0 bridgehead atoms. The van der Waals surface area contributed by atoms with E-state index < -0.39 is 0 Å². The maximum absolute atomic E-state index is 12.1. The lowest BCUT2D eigenvalue weighted by molar-refractivity contribution is 0.590. The van der Waals surface area contributed by atoms with Gasteiger partial charge in [0.25, 0.3) is 5.56 Å². The number of nitrogens with one attached hydrogen (secondary N) is 1. The minimum absolute atomic E-state index is 0.101. The second-order valence-corrected chi connectivity index (χ2v) is 6.26. The van der Waals surface area contributed by atoms with E-state index in [2.05, 4.69) is 42.9 Å². The molecule has 0 fully saturated rings. The van der Waals surface area contributed by atoms with E-state index in [-0.39, 0.29) is 11.0 Å². The highest BCUT2D eigenvalue weighted by molar-refractivity contribution is 5.79. The number of hydrogen-bond donors (Lipinski definition) is 1. The molecule has 1 N–H and O–H groups in total. The normalized spacial score (nSPS) is 11.8. The molecule has 0 saturated heterocycles. The van der Waals surface area contributed by atoms with Gasteiger partial charge >= 0.3 is 0 Å². The molecule has 1 aromatic heterocycles. The number of rotatable bonds is 1. The molecular weight excluding hydrogens is 260 g/mol. The van der Waals surface area contributed by atoms with Gasteiger partial charge in [0.1, 0.15) is 5.82 Å². The molecule has 0 saturated carbocycles. The molecular formula is C18H18N2O. The van der Waals surface area contributed by atoms with E-state index >= 15 is 0 Å². The summed E-state index contributed by atoms with van der Waals surface area (Å²) in [7, 11) is 0. The van der Waals surface area contributed by atoms with Crippen LogP contribution in [0.2, 0.25) is 0 Å². The van der Waals surface area contributed by atoms with E-state index in [1.807, 2.05) is 30.3 Å². The lowest BCUT2D eigenvalue weighted by Gasteiger charge is -2.19. The Bertz CT molecular complexity index is 839. The monoisotopic (exact) mass is 278 g/mol. The van der Waals surface area contributed by atoms with Crippen LogP contribution in [0, 0.1) is 0 Å². The molecule has 3 nitrogen and oxygen atoms in total. The van der Waals surface area contributed by atoms with Gasteiger partial charge in [0.05, 0.1) is 10.9 Å². The Morgan fingerprint density at radius 1 is 0.952 bits per heavy atom. The summed E-state index contributed by atoms with van der Waals surface area (Å²) in [6.45, 7) is 6.54. The molecule has 3 heteroatoms. The molecule has 0 atom stereocenters. The highest BCUT2D eigenvalue weighted by atomic mass is 16.1. The summed E-state index contributed by atoms with van der Waals surface area (Å²) in [4.78, 5) is 19.5. The molecule has 2 aromatic carbocycles. The van der Waals surface area contributed by atoms with Gasteiger partial charge < -0.3 is 4.98 Å². The van der Waals surface area contributed by atoms with E-state index in [0.29, 0.717) is 11.2 Å². The van der Waals surface area contributed by atoms with E-state index in [4.69, 9.17) is 0 Å². The van der Waals surface area contributed by atoms with Gasteiger partial charge in [-0.05, 0) is 23.1 Å². The molecule has 0 amide bonds. The van der Waals surface area contributed by atoms with Gasteiger partial charge in [-0.15, -0.1) is 0 Å². The number of fused-ring (bicyclic) bond motifs is 1. The van der Waals surface area contributed by atoms with Gasteiger partial charge in [-0.3, -0.25) is 4.79 Å². The van der Waals surface area contributed by atoms with Gasteiger partial charge in [0.15, 0.2) is 0 Å². The number of hydrogen-bond acceptors (Lipinski definition) is 2. The molecule has 0 aliphatic heterocycles. The third-order valence-corrected chi connectivity index (χ3v) is 3.64. The zero-order chi connectivity index (χ0) is 15.0. The minimum Gasteiger partial charge on any atom is -0.306 e. The molecule has 0 radical (unpaired) electrons. The van der Waals surface area contributed by atoms with Gasteiger partial charge in [-0.25, -0.2) is 4.98 Å². The Labute approximate surface area is 123 Å². The topological polar surface area (TPSA) is 45.8 Å². The summed E-state index contributed by atoms with van der Waals surface area (Å²) < 4.78 is 0. The van der Waals surface area contributed by atoms with E-state index in [1.165, 1.54) is 5.56 Å². The number of para-hydroxylation sites is 1. The van der Waals surface area contributed by atoms with Gasteiger partial charge in [0.2, 0.25) is 0 Å². The van der Waals surface area contributed by atoms with Crippen LogP contribution < -0.4 is 5.56 Å². The summed E-state index contributed by atoms with van der Waals surface area (Å²) in [6, 6.07) is 15.6. The smallest absolute Gasteiger partial charge is 0.259 e. The summed E-state index contributed by atoms with van der Waals surface area (Å²) >= 11 is 0. The lowest BCUT2D eigenvalue weighted by atomic mass is 9.87. The van der Waals surface area contributed by atoms with Crippen LogP contribution in [-0.2, 0) is 5.41 Å². The third-order valence-electron chi connectivity index (χ3n) is 3.64. The first-order chi connectivity index (χ1) is 9.95. The van der Waals surface area contributed by atoms with E-state index in [0.717, 1.165) is 11.1 Å².